The highest BCUT2D eigenvalue weighted by Crippen LogP contribution is 2.31. The van der Waals surface area contributed by atoms with Crippen LogP contribution in [0, 0.1) is 5.82 Å². The van der Waals surface area contributed by atoms with E-state index in [-0.39, 0.29) is 24.3 Å². The number of hydrogen-bond acceptors (Lipinski definition) is 8. The van der Waals surface area contributed by atoms with Gasteiger partial charge in [-0.15, -0.1) is 0 Å². The van der Waals surface area contributed by atoms with Crippen molar-refractivity contribution in [3.63, 3.8) is 0 Å². The van der Waals surface area contributed by atoms with E-state index < -0.39 is 5.82 Å². The average Bonchev–Trinajstić information content (AvgIpc) is 2.80. The van der Waals surface area contributed by atoms with Crippen LogP contribution in [-0.2, 0) is 11.4 Å². The summed E-state index contributed by atoms with van der Waals surface area (Å²) < 4.78 is 24.6. The highest BCUT2D eigenvalue weighted by atomic mass is 19.1. The SMILES string of the molecule is CNC(=O)c1cccc(CONc2ncc(F)c(Nc3ccc(OC)c(OC)c3)n2)c1. The lowest BCUT2D eigenvalue weighted by Crippen LogP contribution is -2.17. The molecule has 31 heavy (non-hydrogen) atoms. The number of rotatable bonds is 9. The Balaban J connectivity index is 1.65. The van der Waals surface area contributed by atoms with E-state index in [0.717, 1.165) is 11.8 Å². The molecule has 0 unspecified atom stereocenters. The zero-order valence-electron chi connectivity index (χ0n) is 17.2. The van der Waals surface area contributed by atoms with Gasteiger partial charge in [0.05, 0.1) is 27.0 Å². The zero-order valence-corrected chi connectivity index (χ0v) is 17.2. The van der Waals surface area contributed by atoms with Crippen molar-refractivity contribution in [3.8, 4) is 11.5 Å². The summed E-state index contributed by atoms with van der Waals surface area (Å²) in [6, 6.07) is 12.0. The molecule has 1 heterocycles. The molecule has 0 saturated heterocycles. The summed E-state index contributed by atoms with van der Waals surface area (Å²) >= 11 is 0. The number of methoxy groups -OCH3 is 2. The number of benzene rings is 2. The Labute approximate surface area is 178 Å². The van der Waals surface area contributed by atoms with E-state index in [0.29, 0.717) is 22.7 Å². The fourth-order valence-corrected chi connectivity index (χ4v) is 2.69. The van der Waals surface area contributed by atoms with Gasteiger partial charge >= 0.3 is 0 Å². The second-order valence-corrected chi connectivity index (χ2v) is 6.26. The van der Waals surface area contributed by atoms with Crippen LogP contribution >= 0.6 is 0 Å². The number of hydrogen-bond donors (Lipinski definition) is 3. The summed E-state index contributed by atoms with van der Waals surface area (Å²) in [5.41, 5.74) is 4.41. The minimum atomic E-state index is -0.640. The Bertz CT molecular complexity index is 1060. The maximum Gasteiger partial charge on any atom is 0.251 e. The van der Waals surface area contributed by atoms with Crippen LogP contribution in [0.15, 0.2) is 48.7 Å². The first kappa shape index (κ1) is 21.8. The molecule has 1 aromatic heterocycles. The number of nitrogens with one attached hydrogen (secondary N) is 3. The molecule has 10 heteroatoms. The van der Waals surface area contributed by atoms with Crippen molar-refractivity contribution in [2.75, 3.05) is 32.1 Å². The van der Waals surface area contributed by atoms with Gasteiger partial charge < -0.3 is 20.1 Å². The van der Waals surface area contributed by atoms with Crippen LogP contribution in [0.25, 0.3) is 0 Å². The van der Waals surface area contributed by atoms with E-state index in [1.54, 1.807) is 43.4 Å². The first-order valence-electron chi connectivity index (χ1n) is 9.24. The molecule has 0 aliphatic carbocycles. The highest BCUT2D eigenvalue weighted by Gasteiger charge is 2.10. The molecule has 1 amide bonds. The lowest BCUT2D eigenvalue weighted by atomic mass is 10.1. The van der Waals surface area contributed by atoms with Crippen molar-refractivity contribution in [2.45, 2.75) is 6.61 Å². The van der Waals surface area contributed by atoms with E-state index >= 15 is 0 Å². The minimum absolute atomic E-state index is 0.0464. The Morgan fingerprint density at radius 1 is 1.10 bits per heavy atom. The Kier molecular flexibility index (Phi) is 7.17. The second-order valence-electron chi connectivity index (χ2n) is 6.26. The van der Waals surface area contributed by atoms with Gasteiger partial charge in [0.2, 0.25) is 5.95 Å². The number of nitrogens with zero attached hydrogens (tertiary/aromatic N) is 2. The molecule has 0 aliphatic rings. The predicted octanol–water partition coefficient (Wildman–Crippen LogP) is 3.28. The monoisotopic (exact) mass is 427 g/mol. The van der Waals surface area contributed by atoms with Gasteiger partial charge in [0.1, 0.15) is 0 Å². The second kappa shape index (κ2) is 10.2. The molecule has 2 aromatic carbocycles. The molecule has 0 bridgehead atoms. The first-order valence-corrected chi connectivity index (χ1v) is 9.24. The van der Waals surface area contributed by atoms with Crippen LogP contribution in [0.4, 0.5) is 21.8 Å². The van der Waals surface area contributed by atoms with Gasteiger partial charge in [0.25, 0.3) is 5.91 Å². The minimum Gasteiger partial charge on any atom is -0.493 e. The third-order valence-corrected chi connectivity index (χ3v) is 4.21. The summed E-state index contributed by atoms with van der Waals surface area (Å²) in [6.45, 7) is 0.143. The third kappa shape index (κ3) is 5.58. The highest BCUT2D eigenvalue weighted by molar-refractivity contribution is 5.94. The fourth-order valence-electron chi connectivity index (χ4n) is 2.69. The molecule has 162 valence electrons. The van der Waals surface area contributed by atoms with Crippen molar-refractivity contribution >= 4 is 23.4 Å². The first-order chi connectivity index (χ1) is 15.0. The lowest BCUT2D eigenvalue weighted by molar-refractivity contribution is 0.0962. The Morgan fingerprint density at radius 3 is 2.65 bits per heavy atom. The molecule has 3 rings (SSSR count). The van der Waals surface area contributed by atoms with Crippen molar-refractivity contribution in [1.29, 1.82) is 0 Å². The van der Waals surface area contributed by atoms with E-state index in [2.05, 4.69) is 26.1 Å². The average molecular weight is 427 g/mol. The summed E-state index contributed by atoms with van der Waals surface area (Å²) in [5, 5.41) is 5.43. The maximum atomic E-state index is 14.2. The number of amides is 1. The number of ether oxygens (including phenoxy) is 2. The quantitative estimate of drug-likeness (QED) is 0.447. The lowest BCUT2D eigenvalue weighted by Gasteiger charge is -2.12. The molecule has 3 aromatic rings. The van der Waals surface area contributed by atoms with Crippen molar-refractivity contribution < 1.29 is 23.5 Å². The van der Waals surface area contributed by atoms with E-state index in [1.807, 2.05) is 6.07 Å². The summed E-state index contributed by atoms with van der Waals surface area (Å²) in [6.07, 6.45) is 1.02. The van der Waals surface area contributed by atoms with Crippen molar-refractivity contribution in [1.82, 2.24) is 15.3 Å². The summed E-state index contributed by atoms with van der Waals surface area (Å²) in [4.78, 5) is 25.1. The Hall–Kier alpha value is -3.92. The van der Waals surface area contributed by atoms with Crippen LogP contribution in [0.3, 0.4) is 0 Å². The standard InChI is InChI=1S/C21H22FN5O4/c1-23-20(28)14-6-4-5-13(9-14)12-31-27-21-24-11-16(22)19(26-21)25-15-7-8-17(29-2)18(10-15)30-3/h4-11H,12H2,1-3H3,(H,23,28)(H2,24,25,26,27). The van der Waals surface area contributed by atoms with Crippen molar-refractivity contribution in [2.24, 2.45) is 0 Å². The topological polar surface area (TPSA) is 107 Å². The van der Waals surface area contributed by atoms with Gasteiger partial charge in [-0.3, -0.25) is 9.63 Å². The molecule has 0 saturated carbocycles. The smallest absolute Gasteiger partial charge is 0.251 e. The zero-order chi connectivity index (χ0) is 22.2. The summed E-state index contributed by atoms with van der Waals surface area (Å²) in [7, 11) is 4.60. The summed E-state index contributed by atoms with van der Waals surface area (Å²) in [5.74, 6) is 0.220. The van der Waals surface area contributed by atoms with Crippen LogP contribution in [0.5, 0.6) is 11.5 Å². The van der Waals surface area contributed by atoms with Crippen molar-refractivity contribution in [3.05, 3.63) is 65.6 Å². The molecule has 3 N–H and O–H groups in total. The third-order valence-electron chi connectivity index (χ3n) is 4.21. The van der Waals surface area contributed by atoms with Gasteiger partial charge in [0, 0.05) is 24.4 Å². The van der Waals surface area contributed by atoms with Crippen LogP contribution in [-0.4, -0.2) is 37.1 Å². The fraction of sp³-hybridized carbons (Fsp3) is 0.190. The molecule has 9 nitrogen and oxygen atoms in total. The van der Waals surface area contributed by atoms with Gasteiger partial charge in [-0.1, -0.05) is 12.1 Å². The number of carbonyl (C=O) groups excluding carboxylic acids is 1. The molecule has 0 atom stereocenters. The van der Waals surface area contributed by atoms with Crippen LogP contribution in [0.2, 0.25) is 0 Å². The maximum absolute atomic E-state index is 14.2. The molecular formula is C21H22FN5O4. The molecule has 0 fully saturated rings. The van der Waals surface area contributed by atoms with Crippen LogP contribution < -0.4 is 25.6 Å². The van der Waals surface area contributed by atoms with Gasteiger partial charge in [0.15, 0.2) is 23.1 Å². The number of anilines is 3. The van der Waals surface area contributed by atoms with Gasteiger partial charge in [-0.2, -0.15) is 4.98 Å². The number of carbonyl (C=O) groups is 1. The van der Waals surface area contributed by atoms with E-state index in [4.69, 9.17) is 14.3 Å². The Morgan fingerprint density at radius 2 is 1.90 bits per heavy atom. The van der Waals surface area contributed by atoms with E-state index in [9.17, 15) is 9.18 Å². The normalized spacial score (nSPS) is 10.3. The molecule has 0 spiro atoms. The molecular weight excluding hydrogens is 405 g/mol. The number of aromatic nitrogens is 2. The largest absolute Gasteiger partial charge is 0.493 e. The van der Waals surface area contributed by atoms with Crippen LogP contribution in [0.1, 0.15) is 15.9 Å². The number of halogens is 1. The molecule has 0 radical (unpaired) electrons. The predicted molar refractivity (Wildman–Crippen MR) is 113 cm³/mol. The van der Waals surface area contributed by atoms with Gasteiger partial charge in [-0.25, -0.2) is 14.9 Å². The molecule has 0 aliphatic heterocycles. The van der Waals surface area contributed by atoms with E-state index in [1.165, 1.54) is 14.2 Å². The van der Waals surface area contributed by atoms with Gasteiger partial charge in [-0.05, 0) is 29.8 Å².